The van der Waals surface area contributed by atoms with Crippen molar-refractivity contribution in [1.29, 1.82) is 0 Å². The van der Waals surface area contributed by atoms with Gasteiger partial charge in [0.15, 0.2) is 0 Å². The Morgan fingerprint density at radius 2 is 2.09 bits per heavy atom. The van der Waals surface area contributed by atoms with E-state index >= 15 is 0 Å². The summed E-state index contributed by atoms with van der Waals surface area (Å²) >= 11 is 0. The first-order chi connectivity index (χ1) is 10.3. The number of fused-ring (bicyclic) bond motifs is 1. The molecule has 114 valence electrons. The Labute approximate surface area is 122 Å². The number of nitrogens with zero attached hydrogens (tertiary/aromatic N) is 2. The van der Waals surface area contributed by atoms with E-state index in [1.807, 2.05) is 0 Å². The maximum Gasteiger partial charge on any atom is 0.418 e. The molecule has 0 saturated carbocycles. The van der Waals surface area contributed by atoms with Crippen molar-refractivity contribution in [3.8, 4) is 11.3 Å². The van der Waals surface area contributed by atoms with E-state index in [2.05, 4.69) is 10.1 Å². The molecule has 0 radical (unpaired) electrons. The minimum absolute atomic E-state index is 0.0451. The molecule has 0 bridgehead atoms. The van der Waals surface area contributed by atoms with Crippen molar-refractivity contribution in [3.63, 3.8) is 0 Å². The number of hydrogen-bond acceptors (Lipinski definition) is 2. The number of benzene rings is 1. The first-order valence-electron chi connectivity index (χ1n) is 6.24. The van der Waals surface area contributed by atoms with Crippen molar-refractivity contribution in [2.45, 2.75) is 6.18 Å². The number of carbonyl (C=O) groups is 1. The maximum atomic E-state index is 13.0. The van der Waals surface area contributed by atoms with Crippen LogP contribution in [0.1, 0.15) is 16.1 Å². The Morgan fingerprint density at radius 3 is 2.68 bits per heavy atom. The van der Waals surface area contributed by atoms with Gasteiger partial charge >= 0.3 is 12.1 Å². The fourth-order valence-electron chi connectivity index (χ4n) is 2.40. The zero-order chi connectivity index (χ0) is 16.1. The molecule has 2 N–H and O–H groups in total. The molecular weight excluding hydrogens is 299 g/mol. The second kappa shape index (κ2) is 4.62. The van der Waals surface area contributed by atoms with Crippen LogP contribution < -0.4 is 0 Å². The lowest BCUT2D eigenvalue weighted by atomic mass is 10.1. The van der Waals surface area contributed by atoms with Crippen LogP contribution in [0.5, 0.6) is 0 Å². The minimum Gasteiger partial charge on any atom is -0.477 e. The molecule has 0 saturated heterocycles. The normalized spacial score (nSPS) is 12.0. The van der Waals surface area contributed by atoms with Crippen molar-refractivity contribution in [1.82, 2.24) is 14.8 Å². The molecule has 0 unspecified atom stereocenters. The van der Waals surface area contributed by atoms with Crippen LogP contribution in [0.15, 0.2) is 30.5 Å². The van der Waals surface area contributed by atoms with Gasteiger partial charge < -0.3 is 10.1 Å². The highest BCUT2D eigenvalue weighted by Gasteiger charge is 2.33. The first-order valence-corrected chi connectivity index (χ1v) is 6.24. The van der Waals surface area contributed by atoms with Crippen molar-refractivity contribution < 1.29 is 23.1 Å². The SMILES string of the molecule is Cn1nc(-c2c[nH]c3c(C(F)(F)F)cccc23)cc1C(=O)O. The number of aryl methyl sites for hydroxylation is 1. The van der Waals surface area contributed by atoms with E-state index in [0.717, 1.165) is 6.07 Å². The summed E-state index contributed by atoms with van der Waals surface area (Å²) in [6, 6.07) is 5.16. The van der Waals surface area contributed by atoms with E-state index in [-0.39, 0.29) is 11.2 Å². The molecule has 0 fully saturated rings. The van der Waals surface area contributed by atoms with Gasteiger partial charge in [-0.3, -0.25) is 4.68 Å². The summed E-state index contributed by atoms with van der Waals surface area (Å²) in [6.07, 6.45) is -3.08. The Hall–Kier alpha value is -2.77. The van der Waals surface area contributed by atoms with Gasteiger partial charge in [-0.1, -0.05) is 12.1 Å². The van der Waals surface area contributed by atoms with Gasteiger partial charge in [0.1, 0.15) is 5.69 Å². The molecule has 5 nitrogen and oxygen atoms in total. The fraction of sp³-hybridized carbons (Fsp3) is 0.143. The molecule has 1 aromatic carbocycles. The summed E-state index contributed by atoms with van der Waals surface area (Å²) in [5, 5.41) is 13.4. The van der Waals surface area contributed by atoms with Gasteiger partial charge in [0.05, 0.1) is 16.8 Å². The zero-order valence-corrected chi connectivity index (χ0v) is 11.3. The molecule has 2 aromatic heterocycles. The number of para-hydroxylation sites is 1. The Kier molecular flexibility index (Phi) is 2.98. The molecule has 0 amide bonds. The molecule has 0 atom stereocenters. The summed E-state index contributed by atoms with van der Waals surface area (Å²) < 4.78 is 40.1. The van der Waals surface area contributed by atoms with Crippen molar-refractivity contribution in [3.05, 3.63) is 41.7 Å². The quantitative estimate of drug-likeness (QED) is 0.763. The van der Waals surface area contributed by atoms with Gasteiger partial charge in [0, 0.05) is 24.2 Å². The van der Waals surface area contributed by atoms with E-state index < -0.39 is 17.7 Å². The zero-order valence-electron chi connectivity index (χ0n) is 11.3. The Balaban J connectivity index is 2.21. The number of aromatic carboxylic acids is 1. The third kappa shape index (κ3) is 2.12. The van der Waals surface area contributed by atoms with Crippen molar-refractivity contribution in [2.75, 3.05) is 0 Å². The molecule has 0 aliphatic carbocycles. The van der Waals surface area contributed by atoms with Gasteiger partial charge in [-0.05, 0) is 12.1 Å². The van der Waals surface area contributed by atoms with Gasteiger partial charge in [-0.25, -0.2) is 4.79 Å². The number of alkyl halides is 3. The molecule has 0 aliphatic rings. The number of aromatic amines is 1. The van der Waals surface area contributed by atoms with Gasteiger partial charge in [0.25, 0.3) is 0 Å². The molecular formula is C14H10F3N3O2. The number of hydrogen-bond donors (Lipinski definition) is 2. The number of rotatable bonds is 2. The van der Waals surface area contributed by atoms with Crippen LogP contribution >= 0.6 is 0 Å². The van der Waals surface area contributed by atoms with Gasteiger partial charge in [0.2, 0.25) is 0 Å². The summed E-state index contributed by atoms with van der Waals surface area (Å²) in [7, 11) is 1.46. The smallest absolute Gasteiger partial charge is 0.418 e. The Morgan fingerprint density at radius 1 is 1.36 bits per heavy atom. The molecule has 3 aromatic rings. The standard InChI is InChI=1S/C14H10F3N3O2/c1-20-11(13(21)22)5-10(19-20)8-6-18-12-7(8)3-2-4-9(12)14(15,16)17/h2-6,18H,1H3,(H,21,22). The lowest BCUT2D eigenvalue weighted by Crippen LogP contribution is -2.05. The predicted molar refractivity (Wildman–Crippen MR) is 72.5 cm³/mol. The van der Waals surface area contributed by atoms with Crippen molar-refractivity contribution >= 4 is 16.9 Å². The predicted octanol–water partition coefficient (Wildman–Crippen LogP) is 3.29. The number of aromatic nitrogens is 3. The lowest BCUT2D eigenvalue weighted by Gasteiger charge is -2.07. The molecule has 8 heteroatoms. The van der Waals surface area contributed by atoms with Crippen LogP contribution in [0.2, 0.25) is 0 Å². The third-order valence-electron chi connectivity index (χ3n) is 3.40. The topological polar surface area (TPSA) is 70.9 Å². The van der Waals surface area contributed by atoms with Gasteiger partial charge in [-0.2, -0.15) is 18.3 Å². The van der Waals surface area contributed by atoms with E-state index in [4.69, 9.17) is 5.11 Å². The fourth-order valence-corrected chi connectivity index (χ4v) is 2.40. The van der Waals surface area contributed by atoms with Gasteiger partial charge in [-0.15, -0.1) is 0 Å². The van der Waals surface area contributed by atoms with Crippen molar-refractivity contribution in [2.24, 2.45) is 7.05 Å². The Bertz CT molecular complexity index is 877. The summed E-state index contributed by atoms with van der Waals surface area (Å²) in [5.74, 6) is -1.16. The number of carboxylic acids is 1. The maximum absolute atomic E-state index is 13.0. The van der Waals surface area contributed by atoms with E-state index in [1.54, 1.807) is 0 Å². The second-order valence-corrected chi connectivity index (χ2v) is 4.77. The van der Waals surface area contributed by atoms with Crippen LogP contribution in [0.25, 0.3) is 22.2 Å². The third-order valence-corrected chi connectivity index (χ3v) is 3.40. The summed E-state index contributed by atoms with van der Waals surface area (Å²) in [4.78, 5) is 13.6. The average Bonchev–Trinajstić information content (AvgIpc) is 3.00. The average molecular weight is 309 g/mol. The number of nitrogens with one attached hydrogen (secondary N) is 1. The van der Waals surface area contributed by atoms with E-state index in [1.165, 1.54) is 36.1 Å². The van der Waals surface area contributed by atoms with Crippen LogP contribution in [-0.2, 0) is 13.2 Å². The lowest BCUT2D eigenvalue weighted by molar-refractivity contribution is -0.136. The largest absolute Gasteiger partial charge is 0.477 e. The van der Waals surface area contributed by atoms with E-state index in [9.17, 15) is 18.0 Å². The highest BCUT2D eigenvalue weighted by Crippen LogP contribution is 2.37. The second-order valence-electron chi connectivity index (χ2n) is 4.77. The molecule has 22 heavy (non-hydrogen) atoms. The summed E-state index contributed by atoms with van der Waals surface area (Å²) in [6.45, 7) is 0. The monoisotopic (exact) mass is 309 g/mol. The van der Waals surface area contributed by atoms with E-state index in [0.29, 0.717) is 16.6 Å². The summed E-state index contributed by atoms with van der Waals surface area (Å²) in [5.41, 5.74) is -0.149. The van der Waals surface area contributed by atoms with Crippen LogP contribution in [-0.4, -0.2) is 25.8 Å². The van der Waals surface area contributed by atoms with Crippen LogP contribution in [0, 0.1) is 0 Å². The highest BCUT2D eigenvalue weighted by atomic mass is 19.4. The van der Waals surface area contributed by atoms with Crippen LogP contribution in [0.3, 0.4) is 0 Å². The molecule has 2 heterocycles. The van der Waals surface area contributed by atoms with Crippen LogP contribution in [0.4, 0.5) is 13.2 Å². The molecule has 0 spiro atoms. The minimum atomic E-state index is -4.47. The number of carboxylic acid groups (broad SMARTS) is 1. The number of H-pyrrole nitrogens is 1. The molecule has 0 aliphatic heterocycles. The molecule has 3 rings (SSSR count). The first kappa shape index (κ1) is 14.2. The number of halogens is 3. The highest BCUT2D eigenvalue weighted by molar-refractivity contribution is 5.97.